The van der Waals surface area contributed by atoms with Crippen LogP contribution in [0.1, 0.15) is 39.2 Å². The Hall–Kier alpha value is -3.32. The molecule has 0 saturated carbocycles. The number of nitrogens with two attached hydrogens (primary N) is 2. The van der Waals surface area contributed by atoms with E-state index in [4.69, 9.17) is 11.5 Å². The van der Waals surface area contributed by atoms with E-state index in [0.29, 0.717) is 11.7 Å². The second-order valence-electron chi connectivity index (χ2n) is 11.2. The third-order valence-electron chi connectivity index (χ3n) is 7.36. The lowest BCUT2D eigenvalue weighted by Crippen LogP contribution is -2.65. The zero-order valence-corrected chi connectivity index (χ0v) is 22.9. The minimum Gasteiger partial charge on any atom is -0.394 e. The molecule has 2 atom stereocenters. The molecule has 2 aliphatic heterocycles. The van der Waals surface area contributed by atoms with E-state index in [0.717, 1.165) is 38.0 Å². The van der Waals surface area contributed by atoms with E-state index in [2.05, 4.69) is 15.2 Å². The number of benzene rings is 1. The van der Waals surface area contributed by atoms with Gasteiger partial charge in [-0.2, -0.15) is 4.98 Å². The summed E-state index contributed by atoms with van der Waals surface area (Å²) in [4.78, 5) is 48.0. The van der Waals surface area contributed by atoms with Crippen LogP contribution in [0.2, 0.25) is 0 Å². The van der Waals surface area contributed by atoms with Gasteiger partial charge in [-0.25, -0.2) is 9.59 Å². The molecular weight excluding hydrogens is 500 g/mol. The van der Waals surface area contributed by atoms with Gasteiger partial charge in [-0.05, 0) is 70.5 Å². The number of likely N-dealkylation sites (tertiary alicyclic amines) is 1. The summed E-state index contributed by atoms with van der Waals surface area (Å²) < 4.78 is 1.41. The zero-order valence-electron chi connectivity index (χ0n) is 22.9. The van der Waals surface area contributed by atoms with Crippen molar-refractivity contribution in [2.45, 2.75) is 63.8 Å². The van der Waals surface area contributed by atoms with E-state index >= 15 is 0 Å². The number of piperidine rings is 1. The van der Waals surface area contributed by atoms with Crippen LogP contribution in [0.3, 0.4) is 0 Å². The molecule has 2 unspecified atom stereocenters. The predicted molar refractivity (Wildman–Crippen MR) is 148 cm³/mol. The van der Waals surface area contributed by atoms with E-state index in [-0.39, 0.29) is 37.5 Å². The number of aliphatic hydroxyl groups is 1. The number of amides is 3. The molecule has 12 heteroatoms. The number of piperazine rings is 1. The van der Waals surface area contributed by atoms with E-state index in [1.807, 2.05) is 24.3 Å². The Morgan fingerprint density at radius 1 is 1.13 bits per heavy atom. The van der Waals surface area contributed by atoms with Crippen LogP contribution in [-0.4, -0.2) is 97.7 Å². The quantitative estimate of drug-likeness (QED) is 0.407. The molecule has 3 amide bonds. The summed E-state index contributed by atoms with van der Waals surface area (Å²) in [6, 6.07) is 8.08. The van der Waals surface area contributed by atoms with Crippen molar-refractivity contribution in [3.8, 4) is 5.69 Å². The number of nitrogens with one attached hydrogen (secondary N) is 1. The molecular formula is C27H40N8O4. The first-order valence-corrected chi connectivity index (χ1v) is 13.4. The fourth-order valence-corrected chi connectivity index (χ4v) is 5.24. The molecule has 0 radical (unpaired) electrons. The summed E-state index contributed by atoms with van der Waals surface area (Å²) in [5, 5.41) is 12.6. The Labute approximate surface area is 228 Å². The molecule has 0 spiro atoms. The SMILES string of the molecule is CC1CN(C(=O)C(C)(C)N)CC(CO)N1C(=O)Nc1ccn(-c2ccc(CN3CCC(N)CC3)cc2)c(=O)n1. The standard InChI is InChI=1S/C27H40N8O4/c1-18-14-33(24(37)27(2,3)29)16-22(17-36)35(18)26(39)31-23-10-13-34(25(38)30-23)21-6-4-19(5-7-21)15-32-11-8-20(28)9-12-32/h4-7,10,13,18,20,22,36H,8-9,11-12,14-17,28-29H2,1-3H3,(H,30,31,38,39). The molecule has 4 rings (SSSR count). The number of urea groups is 1. The lowest BCUT2D eigenvalue weighted by Gasteiger charge is -2.46. The van der Waals surface area contributed by atoms with Gasteiger partial charge in [0.25, 0.3) is 0 Å². The number of carbonyl (C=O) groups is 2. The second kappa shape index (κ2) is 11.8. The monoisotopic (exact) mass is 540 g/mol. The molecule has 0 aliphatic carbocycles. The zero-order chi connectivity index (χ0) is 28.3. The van der Waals surface area contributed by atoms with E-state index in [1.165, 1.54) is 9.47 Å². The number of anilines is 1. The summed E-state index contributed by atoms with van der Waals surface area (Å²) in [5.74, 6) is -0.144. The highest BCUT2D eigenvalue weighted by molar-refractivity contribution is 5.89. The summed E-state index contributed by atoms with van der Waals surface area (Å²) in [7, 11) is 0. The molecule has 3 heterocycles. The highest BCUT2D eigenvalue weighted by atomic mass is 16.3. The molecule has 1 aromatic heterocycles. The Morgan fingerprint density at radius 2 is 1.79 bits per heavy atom. The molecule has 6 N–H and O–H groups in total. The van der Waals surface area contributed by atoms with Crippen LogP contribution in [0.25, 0.3) is 5.69 Å². The molecule has 2 saturated heterocycles. The molecule has 39 heavy (non-hydrogen) atoms. The third kappa shape index (κ3) is 6.82. The van der Waals surface area contributed by atoms with Crippen molar-refractivity contribution in [2.75, 3.05) is 38.1 Å². The average molecular weight is 541 g/mol. The first-order chi connectivity index (χ1) is 18.5. The third-order valence-corrected chi connectivity index (χ3v) is 7.36. The van der Waals surface area contributed by atoms with E-state index in [1.54, 1.807) is 37.9 Å². The Balaban J connectivity index is 1.40. The smallest absolute Gasteiger partial charge is 0.354 e. The molecule has 2 aromatic rings. The lowest BCUT2D eigenvalue weighted by atomic mass is 10.0. The van der Waals surface area contributed by atoms with Gasteiger partial charge in [-0.3, -0.25) is 19.6 Å². The van der Waals surface area contributed by atoms with Crippen molar-refractivity contribution in [3.63, 3.8) is 0 Å². The summed E-state index contributed by atoms with van der Waals surface area (Å²) in [6.45, 7) is 7.95. The number of rotatable bonds is 6. The van der Waals surface area contributed by atoms with Gasteiger partial charge in [0.1, 0.15) is 5.82 Å². The van der Waals surface area contributed by atoms with Crippen LogP contribution in [0.4, 0.5) is 10.6 Å². The van der Waals surface area contributed by atoms with Crippen molar-refractivity contribution in [1.29, 1.82) is 0 Å². The predicted octanol–water partition coefficient (Wildman–Crippen LogP) is 0.318. The van der Waals surface area contributed by atoms with Gasteiger partial charge < -0.3 is 26.4 Å². The van der Waals surface area contributed by atoms with Gasteiger partial charge in [0.05, 0.1) is 23.9 Å². The minimum atomic E-state index is -1.06. The lowest BCUT2D eigenvalue weighted by molar-refractivity contribution is -0.140. The maximum atomic E-state index is 13.1. The number of hydrogen-bond donors (Lipinski definition) is 4. The minimum absolute atomic E-state index is 0.103. The van der Waals surface area contributed by atoms with Crippen molar-refractivity contribution < 1.29 is 14.7 Å². The van der Waals surface area contributed by atoms with E-state index in [9.17, 15) is 19.5 Å². The van der Waals surface area contributed by atoms with Gasteiger partial charge in [0.2, 0.25) is 5.91 Å². The molecule has 12 nitrogen and oxygen atoms in total. The van der Waals surface area contributed by atoms with Gasteiger partial charge in [0.15, 0.2) is 0 Å². The number of carbonyl (C=O) groups excluding carboxylic acids is 2. The Kier molecular flexibility index (Phi) is 8.70. The van der Waals surface area contributed by atoms with Crippen LogP contribution in [0.15, 0.2) is 41.3 Å². The largest absolute Gasteiger partial charge is 0.394 e. The fourth-order valence-electron chi connectivity index (χ4n) is 5.24. The second-order valence-corrected chi connectivity index (χ2v) is 11.2. The first kappa shape index (κ1) is 28.7. The van der Waals surface area contributed by atoms with Crippen LogP contribution in [-0.2, 0) is 11.3 Å². The topological polar surface area (TPSA) is 163 Å². The van der Waals surface area contributed by atoms with Gasteiger partial charge >= 0.3 is 11.7 Å². The van der Waals surface area contributed by atoms with E-state index < -0.39 is 23.3 Å². The average Bonchev–Trinajstić information content (AvgIpc) is 2.89. The highest BCUT2D eigenvalue weighted by Crippen LogP contribution is 2.20. The maximum absolute atomic E-state index is 13.1. The summed E-state index contributed by atoms with van der Waals surface area (Å²) >= 11 is 0. The molecule has 2 fully saturated rings. The van der Waals surface area contributed by atoms with Crippen molar-refractivity contribution >= 4 is 17.8 Å². The van der Waals surface area contributed by atoms with Crippen LogP contribution < -0.4 is 22.5 Å². The van der Waals surface area contributed by atoms with Crippen LogP contribution in [0.5, 0.6) is 0 Å². The maximum Gasteiger partial charge on any atom is 0.354 e. The first-order valence-electron chi connectivity index (χ1n) is 13.4. The summed E-state index contributed by atoms with van der Waals surface area (Å²) in [6.07, 6.45) is 3.58. The molecule has 2 aliphatic rings. The normalized spacial score (nSPS) is 21.2. The van der Waals surface area contributed by atoms with Crippen molar-refractivity contribution in [2.24, 2.45) is 11.5 Å². The number of nitrogens with zero attached hydrogens (tertiary/aromatic N) is 5. The summed E-state index contributed by atoms with van der Waals surface area (Å²) in [5.41, 5.74) is 12.2. The van der Waals surface area contributed by atoms with Crippen LogP contribution >= 0.6 is 0 Å². The van der Waals surface area contributed by atoms with Crippen molar-refractivity contribution in [3.05, 3.63) is 52.6 Å². The number of aromatic nitrogens is 2. The Bertz CT molecular complexity index is 1220. The number of aliphatic hydroxyl groups excluding tert-OH is 1. The van der Waals surface area contributed by atoms with Crippen LogP contribution in [0, 0.1) is 0 Å². The van der Waals surface area contributed by atoms with Crippen molar-refractivity contribution in [1.82, 2.24) is 24.3 Å². The fraction of sp³-hybridized carbons (Fsp3) is 0.556. The molecule has 212 valence electrons. The van der Waals surface area contributed by atoms with Gasteiger partial charge in [-0.1, -0.05) is 12.1 Å². The number of hydrogen-bond acceptors (Lipinski definition) is 8. The molecule has 0 bridgehead atoms. The Morgan fingerprint density at radius 3 is 2.38 bits per heavy atom. The highest BCUT2D eigenvalue weighted by Gasteiger charge is 2.39. The molecule has 1 aromatic carbocycles. The van der Waals surface area contributed by atoms with Gasteiger partial charge in [-0.15, -0.1) is 0 Å². The van der Waals surface area contributed by atoms with Gasteiger partial charge in [0, 0.05) is 37.9 Å².